The van der Waals surface area contributed by atoms with Crippen LogP contribution >= 0.6 is 11.5 Å². The standard InChI is InChI=1S/C11H19N3OS/c1-2-3-10-13-11(16-14-10)12-7-8-4-5-9(15)6-8/h8-9,15H,2-7H2,1H3,(H,12,13,14). The number of hydrogen-bond acceptors (Lipinski definition) is 5. The van der Waals surface area contributed by atoms with E-state index in [-0.39, 0.29) is 6.10 Å². The van der Waals surface area contributed by atoms with Crippen LogP contribution in [0, 0.1) is 5.92 Å². The number of anilines is 1. The fourth-order valence-corrected chi connectivity index (χ4v) is 2.73. The molecule has 0 aliphatic heterocycles. The van der Waals surface area contributed by atoms with Gasteiger partial charge in [0.25, 0.3) is 0 Å². The summed E-state index contributed by atoms with van der Waals surface area (Å²) in [4.78, 5) is 4.41. The van der Waals surface area contributed by atoms with Crippen molar-refractivity contribution >= 4 is 16.7 Å². The molecule has 2 N–H and O–H groups in total. The van der Waals surface area contributed by atoms with Crippen LogP contribution in [0.1, 0.15) is 38.4 Å². The van der Waals surface area contributed by atoms with Crippen molar-refractivity contribution in [3.05, 3.63) is 5.82 Å². The Morgan fingerprint density at radius 3 is 3.06 bits per heavy atom. The number of nitrogens with one attached hydrogen (secondary N) is 1. The summed E-state index contributed by atoms with van der Waals surface area (Å²) in [5, 5.41) is 13.7. The zero-order valence-electron chi connectivity index (χ0n) is 9.65. The number of hydrogen-bond donors (Lipinski definition) is 2. The van der Waals surface area contributed by atoms with Crippen LogP contribution in [0.5, 0.6) is 0 Å². The van der Waals surface area contributed by atoms with Gasteiger partial charge in [0, 0.05) is 24.5 Å². The minimum Gasteiger partial charge on any atom is -0.393 e. The Bertz CT molecular complexity index is 329. The highest BCUT2D eigenvalue weighted by Gasteiger charge is 2.22. The Morgan fingerprint density at radius 2 is 2.38 bits per heavy atom. The summed E-state index contributed by atoms with van der Waals surface area (Å²) in [7, 11) is 0. The van der Waals surface area contributed by atoms with Crippen LogP contribution in [0.4, 0.5) is 5.13 Å². The van der Waals surface area contributed by atoms with Crippen LogP contribution in [-0.4, -0.2) is 27.1 Å². The Hall–Kier alpha value is -0.680. The fraction of sp³-hybridized carbons (Fsp3) is 0.818. The molecule has 1 saturated carbocycles. The molecule has 1 fully saturated rings. The first-order valence-electron chi connectivity index (χ1n) is 6.02. The molecule has 1 aliphatic rings. The maximum absolute atomic E-state index is 9.42. The lowest BCUT2D eigenvalue weighted by molar-refractivity contribution is 0.178. The monoisotopic (exact) mass is 241 g/mol. The first-order valence-corrected chi connectivity index (χ1v) is 6.79. The van der Waals surface area contributed by atoms with Gasteiger partial charge in [-0.2, -0.15) is 4.37 Å². The Kier molecular flexibility index (Phi) is 4.12. The van der Waals surface area contributed by atoms with Crippen molar-refractivity contribution in [3.8, 4) is 0 Å². The number of aromatic nitrogens is 2. The van der Waals surface area contributed by atoms with E-state index in [1.165, 1.54) is 11.5 Å². The van der Waals surface area contributed by atoms with Gasteiger partial charge in [0.15, 0.2) is 0 Å². The average molecular weight is 241 g/mol. The SMILES string of the molecule is CCCc1nsc(NCC2CCC(O)C2)n1. The summed E-state index contributed by atoms with van der Waals surface area (Å²) in [5.41, 5.74) is 0. The van der Waals surface area contributed by atoms with E-state index in [1.807, 2.05) is 0 Å². The minimum absolute atomic E-state index is 0.0862. The van der Waals surface area contributed by atoms with E-state index >= 15 is 0 Å². The molecule has 5 heteroatoms. The Balaban J connectivity index is 1.76. The average Bonchev–Trinajstić information content (AvgIpc) is 2.85. The quantitative estimate of drug-likeness (QED) is 0.828. The van der Waals surface area contributed by atoms with E-state index in [0.29, 0.717) is 5.92 Å². The van der Waals surface area contributed by atoms with Crippen LogP contribution in [-0.2, 0) is 6.42 Å². The number of aryl methyl sites for hydroxylation is 1. The molecule has 0 amide bonds. The Morgan fingerprint density at radius 1 is 1.50 bits per heavy atom. The summed E-state index contributed by atoms with van der Waals surface area (Å²) < 4.78 is 4.28. The molecule has 2 rings (SSSR count). The van der Waals surface area contributed by atoms with Gasteiger partial charge >= 0.3 is 0 Å². The highest BCUT2D eigenvalue weighted by atomic mass is 32.1. The molecule has 0 saturated heterocycles. The van der Waals surface area contributed by atoms with Gasteiger partial charge in [-0.15, -0.1) is 0 Å². The normalized spacial score (nSPS) is 24.9. The van der Waals surface area contributed by atoms with Gasteiger partial charge in [0.1, 0.15) is 5.82 Å². The van der Waals surface area contributed by atoms with Crippen molar-refractivity contribution in [3.63, 3.8) is 0 Å². The van der Waals surface area contributed by atoms with Crippen molar-refractivity contribution in [1.82, 2.24) is 9.36 Å². The molecule has 90 valence electrons. The van der Waals surface area contributed by atoms with E-state index in [0.717, 1.165) is 49.6 Å². The van der Waals surface area contributed by atoms with Crippen LogP contribution < -0.4 is 5.32 Å². The largest absolute Gasteiger partial charge is 0.393 e. The summed E-state index contributed by atoms with van der Waals surface area (Å²) in [6.45, 7) is 3.05. The van der Waals surface area contributed by atoms with Crippen LogP contribution in [0.25, 0.3) is 0 Å². The molecule has 1 aromatic heterocycles. The highest BCUT2D eigenvalue weighted by Crippen LogP contribution is 2.25. The summed E-state index contributed by atoms with van der Waals surface area (Å²) in [6, 6.07) is 0. The topological polar surface area (TPSA) is 58.0 Å². The first-order chi connectivity index (χ1) is 7.78. The van der Waals surface area contributed by atoms with E-state index < -0.39 is 0 Å². The maximum atomic E-state index is 9.42. The van der Waals surface area contributed by atoms with E-state index in [9.17, 15) is 5.11 Å². The van der Waals surface area contributed by atoms with Gasteiger partial charge in [-0.3, -0.25) is 0 Å². The van der Waals surface area contributed by atoms with Crippen molar-refractivity contribution in [2.45, 2.75) is 45.1 Å². The maximum Gasteiger partial charge on any atom is 0.202 e. The van der Waals surface area contributed by atoms with E-state index in [1.54, 1.807) is 0 Å². The summed E-state index contributed by atoms with van der Waals surface area (Å²) >= 11 is 1.44. The number of aliphatic hydroxyl groups excluding tert-OH is 1. The van der Waals surface area contributed by atoms with Gasteiger partial charge < -0.3 is 10.4 Å². The molecule has 4 nitrogen and oxygen atoms in total. The molecule has 0 radical (unpaired) electrons. The predicted octanol–water partition coefficient (Wildman–Crippen LogP) is 2.06. The first kappa shape index (κ1) is 11.8. The lowest BCUT2D eigenvalue weighted by atomic mass is 10.1. The number of rotatable bonds is 5. The van der Waals surface area contributed by atoms with Gasteiger partial charge in [-0.05, 0) is 31.6 Å². The molecule has 1 aromatic rings. The van der Waals surface area contributed by atoms with Crippen LogP contribution in [0.3, 0.4) is 0 Å². The van der Waals surface area contributed by atoms with Crippen LogP contribution in [0.2, 0.25) is 0 Å². The Labute approximate surface area is 100 Å². The molecule has 1 aliphatic carbocycles. The molecule has 0 spiro atoms. The van der Waals surface area contributed by atoms with E-state index in [2.05, 4.69) is 21.6 Å². The molecular weight excluding hydrogens is 222 g/mol. The third kappa shape index (κ3) is 3.15. The van der Waals surface area contributed by atoms with Crippen LogP contribution in [0.15, 0.2) is 0 Å². The zero-order valence-corrected chi connectivity index (χ0v) is 10.5. The highest BCUT2D eigenvalue weighted by molar-refractivity contribution is 7.09. The predicted molar refractivity (Wildman–Crippen MR) is 65.7 cm³/mol. The second-order valence-corrected chi connectivity index (χ2v) is 5.23. The van der Waals surface area contributed by atoms with Gasteiger partial charge in [0.05, 0.1) is 6.10 Å². The van der Waals surface area contributed by atoms with Gasteiger partial charge in [0.2, 0.25) is 5.13 Å². The van der Waals surface area contributed by atoms with E-state index in [4.69, 9.17) is 0 Å². The zero-order chi connectivity index (χ0) is 11.4. The van der Waals surface area contributed by atoms with Crippen molar-refractivity contribution < 1.29 is 5.11 Å². The lowest BCUT2D eigenvalue weighted by Gasteiger charge is -2.08. The molecule has 0 bridgehead atoms. The minimum atomic E-state index is -0.0862. The summed E-state index contributed by atoms with van der Waals surface area (Å²) in [5.74, 6) is 1.54. The third-order valence-electron chi connectivity index (χ3n) is 3.00. The fourth-order valence-electron chi connectivity index (χ4n) is 2.12. The lowest BCUT2D eigenvalue weighted by Crippen LogP contribution is -2.12. The molecule has 1 heterocycles. The van der Waals surface area contributed by atoms with Gasteiger partial charge in [-0.25, -0.2) is 4.98 Å². The molecule has 2 unspecified atom stereocenters. The molecule has 16 heavy (non-hydrogen) atoms. The number of aliphatic hydroxyl groups is 1. The van der Waals surface area contributed by atoms with Crippen molar-refractivity contribution in [2.24, 2.45) is 5.92 Å². The summed E-state index contributed by atoms with van der Waals surface area (Å²) in [6.07, 6.45) is 4.95. The van der Waals surface area contributed by atoms with Crippen molar-refractivity contribution in [2.75, 3.05) is 11.9 Å². The molecule has 2 atom stereocenters. The number of nitrogens with zero attached hydrogens (tertiary/aromatic N) is 2. The molecule has 0 aromatic carbocycles. The smallest absolute Gasteiger partial charge is 0.202 e. The van der Waals surface area contributed by atoms with Gasteiger partial charge in [-0.1, -0.05) is 6.92 Å². The molecular formula is C11H19N3OS. The second-order valence-electron chi connectivity index (χ2n) is 4.48. The third-order valence-corrected chi connectivity index (χ3v) is 3.71. The van der Waals surface area contributed by atoms with Crippen molar-refractivity contribution in [1.29, 1.82) is 0 Å². The second kappa shape index (κ2) is 5.59.